The number of hydrogen-bond donors (Lipinski definition) is 0. The molecule has 1 fully saturated rings. The third-order valence-corrected chi connectivity index (χ3v) is 4.31. The van der Waals surface area contributed by atoms with Gasteiger partial charge in [0.05, 0.1) is 30.7 Å². The van der Waals surface area contributed by atoms with Crippen molar-refractivity contribution < 1.29 is 4.74 Å². The molecule has 0 saturated carbocycles. The number of pyridine rings is 1. The fourth-order valence-electron chi connectivity index (χ4n) is 2.99. The first kappa shape index (κ1) is 14.1. The Morgan fingerprint density at radius 2 is 2.26 bits per heavy atom. The number of hydrogen-bond acceptors (Lipinski definition) is 5. The van der Waals surface area contributed by atoms with Gasteiger partial charge in [0, 0.05) is 31.8 Å². The lowest BCUT2D eigenvalue weighted by Crippen LogP contribution is -2.19. The van der Waals surface area contributed by atoms with Gasteiger partial charge in [-0.15, -0.1) is 0 Å². The van der Waals surface area contributed by atoms with Crippen molar-refractivity contribution >= 4 is 11.5 Å². The molecule has 1 aliphatic heterocycles. The van der Waals surface area contributed by atoms with Crippen molar-refractivity contribution in [1.29, 1.82) is 0 Å². The monoisotopic (exact) mass is 309 g/mol. The standard InChI is InChI=1S/C17H19N5O/c1-21(10-14-9-18-16-4-2-3-6-22(14)16)17-8-15(19-12-20-17)13-5-7-23-11-13/h2-4,6,8-9,12-13H,5,7,10-11H2,1H3. The molecule has 23 heavy (non-hydrogen) atoms. The largest absolute Gasteiger partial charge is 0.381 e. The van der Waals surface area contributed by atoms with Crippen molar-refractivity contribution in [3.05, 3.63) is 54.4 Å². The Hall–Kier alpha value is -2.47. The second-order valence-electron chi connectivity index (χ2n) is 5.90. The molecule has 1 unspecified atom stereocenters. The van der Waals surface area contributed by atoms with Gasteiger partial charge in [-0.05, 0) is 18.6 Å². The molecule has 0 bridgehead atoms. The number of rotatable bonds is 4. The fourth-order valence-corrected chi connectivity index (χ4v) is 2.99. The summed E-state index contributed by atoms with van der Waals surface area (Å²) in [6.45, 7) is 2.32. The molecule has 4 rings (SSSR count). The van der Waals surface area contributed by atoms with E-state index >= 15 is 0 Å². The minimum absolute atomic E-state index is 0.390. The number of ether oxygens (including phenoxy) is 1. The molecule has 3 aromatic rings. The molecule has 0 aliphatic carbocycles. The Balaban J connectivity index is 1.57. The van der Waals surface area contributed by atoms with Gasteiger partial charge >= 0.3 is 0 Å². The van der Waals surface area contributed by atoms with E-state index in [2.05, 4.69) is 30.3 Å². The SMILES string of the molecule is CN(Cc1cnc2ccccn12)c1cc(C2CCOC2)ncn1. The normalized spacial score (nSPS) is 17.7. The van der Waals surface area contributed by atoms with Crippen molar-refractivity contribution in [3.63, 3.8) is 0 Å². The Kier molecular flexibility index (Phi) is 3.67. The van der Waals surface area contributed by atoms with Crippen LogP contribution < -0.4 is 4.90 Å². The molecule has 0 N–H and O–H groups in total. The lowest BCUT2D eigenvalue weighted by atomic mass is 10.0. The summed E-state index contributed by atoms with van der Waals surface area (Å²) in [4.78, 5) is 15.4. The minimum Gasteiger partial charge on any atom is -0.381 e. The molecular formula is C17H19N5O. The van der Waals surface area contributed by atoms with E-state index in [9.17, 15) is 0 Å². The van der Waals surface area contributed by atoms with Crippen LogP contribution in [0.3, 0.4) is 0 Å². The van der Waals surface area contributed by atoms with E-state index in [1.165, 1.54) is 0 Å². The molecule has 0 amide bonds. The van der Waals surface area contributed by atoms with Crippen LogP contribution in [0.15, 0.2) is 43.0 Å². The maximum atomic E-state index is 5.46. The summed E-state index contributed by atoms with van der Waals surface area (Å²) in [5, 5.41) is 0. The van der Waals surface area contributed by atoms with Gasteiger partial charge in [-0.1, -0.05) is 6.07 Å². The highest BCUT2D eigenvalue weighted by Gasteiger charge is 2.20. The maximum absolute atomic E-state index is 5.46. The highest BCUT2D eigenvalue weighted by atomic mass is 16.5. The Morgan fingerprint density at radius 1 is 1.30 bits per heavy atom. The quantitative estimate of drug-likeness (QED) is 0.740. The molecule has 1 saturated heterocycles. The van der Waals surface area contributed by atoms with E-state index in [0.29, 0.717) is 5.92 Å². The fraction of sp³-hybridized carbons (Fsp3) is 0.353. The number of imidazole rings is 1. The van der Waals surface area contributed by atoms with E-state index in [4.69, 9.17) is 4.74 Å². The van der Waals surface area contributed by atoms with Crippen LogP contribution in [0.4, 0.5) is 5.82 Å². The molecular weight excluding hydrogens is 290 g/mol. The average Bonchev–Trinajstić information content (AvgIpc) is 3.25. The van der Waals surface area contributed by atoms with Crippen LogP contribution >= 0.6 is 0 Å². The molecule has 4 heterocycles. The maximum Gasteiger partial charge on any atom is 0.136 e. The van der Waals surface area contributed by atoms with Gasteiger partial charge < -0.3 is 14.0 Å². The number of fused-ring (bicyclic) bond motifs is 1. The zero-order chi connectivity index (χ0) is 15.6. The van der Waals surface area contributed by atoms with Crippen LogP contribution in [-0.4, -0.2) is 39.6 Å². The predicted molar refractivity (Wildman–Crippen MR) is 87.5 cm³/mol. The van der Waals surface area contributed by atoms with E-state index in [1.54, 1.807) is 6.33 Å². The highest BCUT2D eigenvalue weighted by molar-refractivity contribution is 5.43. The topological polar surface area (TPSA) is 55.6 Å². The van der Waals surface area contributed by atoms with Crippen LogP contribution in [0, 0.1) is 0 Å². The molecule has 6 heteroatoms. The van der Waals surface area contributed by atoms with Gasteiger partial charge in [-0.3, -0.25) is 0 Å². The zero-order valence-corrected chi connectivity index (χ0v) is 13.1. The zero-order valence-electron chi connectivity index (χ0n) is 13.1. The van der Waals surface area contributed by atoms with Crippen molar-refractivity contribution in [2.45, 2.75) is 18.9 Å². The van der Waals surface area contributed by atoms with Crippen LogP contribution in [0.25, 0.3) is 5.65 Å². The van der Waals surface area contributed by atoms with E-state index in [1.807, 2.05) is 37.6 Å². The second-order valence-corrected chi connectivity index (χ2v) is 5.90. The molecule has 0 spiro atoms. The van der Waals surface area contributed by atoms with E-state index < -0.39 is 0 Å². The molecule has 0 aromatic carbocycles. The lowest BCUT2D eigenvalue weighted by molar-refractivity contribution is 0.193. The Labute approximate surface area is 134 Å². The summed E-state index contributed by atoms with van der Waals surface area (Å²) in [6, 6.07) is 8.09. The van der Waals surface area contributed by atoms with Gasteiger partial charge in [-0.25, -0.2) is 15.0 Å². The molecule has 1 aliphatic rings. The number of aromatic nitrogens is 4. The summed E-state index contributed by atoms with van der Waals surface area (Å²) >= 11 is 0. The van der Waals surface area contributed by atoms with Crippen LogP contribution in [-0.2, 0) is 11.3 Å². The average molecular weight is 309 g/mol. The van der Waals surface area contributed by atoms with E-state index in [-0.39, 0.29) is 0 Å². The number of anilines is 1. The summed E-state index contributed by atoms with van der Waals surface area (Å²) in [6.07, 6.45) is 6.63. The molecule has 6 nitrogen and oxygen atoms in total. The third-order valence-electron chi connectivity index (χ3n) is 4.31. The number of nitrogens with zero attached hydrogens (tertiary/aromatic N) is 5. The summed E-state index contributed by atoms with van der Waals surface area (Å²) in [7, 11) is 2.04. The highest BCUT2D eigenvalue weighted by Crippen LogP contribution is 2.25. The van der Waals surface area contributed by atoms with Crippen LogP contribution in [0.1, 0.15) is 23.7 Å². The second kappa shape index (κ2) is 5.96. The van der Waals surface area contributed by atoms with Crippen molar-refractivity contribution in [3.8, 4) is 0 Å². The van der Waals surface area contributed by atoms with Gasteiger partial charge in [0.25, 0.3) is 0 Å². The van der Waals surface area contributed by atoms with Gasteiger partial charge in [0.1, 0.15) is 17.8 Å². The van der Waals surface area contributed by atoms with Crippen molar-refractivity contribution in [1.82, 2.24) is 19.4 Å². The smallest absolute Gasteiger partial charge is 0.136 e. The van der Waals surface area contributed by atoms with Gasteiger partial charge in [0.2, 0.25) is 0 Å². The first-order valence-corrected chi connectivity index (χ1v) is 7.83. The van der Waals surface area contributed by atoms with Crippen molar-refractivity contribution in [2.75, 3.05) is 25.2 Å². The summed E-state index contributed by atoms with van der Waals surface area (Å²) < 4.78 is 7.56. The molecule has 0 radical (unpaired) electrons. The minimum atomic E-state index is 0.390. The van der Waals surface area contributed by atoms with Crippen molar-refractivity contribution in [2.24, 2.45) is 0 Å². The summed E-state index contributed by atoms with van der Waals surface area (Å²) in [5.41, 5.74) is 3.16. The Morgan fingerprint density at radius 3 is 3.13 bits per heavy atom. The first-order valence-electron chi connectivity index (χ1n) is 7.83. The van der Waals surface area contributed by atoms with Gasteiger partial charge in [-0.2, -0.15) is 0 Å². The molecule has 1 atom stereocenters. The lowest BCUT2D eigenvalue weighted by Gasteiger charge is -2.19. The first-order chi connectivity index (χ1) is 11.3. The molecule has 3 aromatic heterocycles. The summed E-state index contributed by atoms with van der Waals surface area (Å²) in [5.74, 6) is 1.31. The Bertz CT molecular complexity index is 809. The van der Waals surface area contributed by atoms with Gasteiger partial charge in [0.15, 0.2) is 0 Å². The van der Waals surface area contributed by atoms with Crippen LogP contribution in [0.2, 0.25) is 0 Å². The molecule has 118 valence electrons. The van der Waals surface area contributed by atoms with E-state index in [0.717, 1.165) is 49.0 Å². The van der Waals surface area contributed by atoms with Crippen LogP contribution in [0.5, 0.6) is 0 Å². The predicted octanol–water partition coefficient (Wildman–Crippen LogP) is 2.26. The third kappa shape index (κ3) is 2.77.